The lowest BCUT2D eigenvalue weighted by Crippen LogP contribution is -1.96. The maximum absolute atomic E-state index is 11.7. The Balaban J connectivity index is 1.38. The molecule has 0 spiro atoms. The highest BCUT2D eigenvalue weighted by Crippen LogP contribution is 2.50. The van der Waals surface area contributed by atoms with Gasteiger partial charge < -0.3 is 14.6 Å². The van der Waals surface area contributed by atoms with Crippen LogP contribution in [0.15, 0.2) is 140 Å². The third-order valence-corrected chi connectivity index (χ3v) is 9.45. The first kappa shape index (κ1) is 28.5. The van der Waals surface area contributed by atoms with Crippen LogP contribution in [0, 0.1) is 0 Å². The van der Waals surface area contributed by atoms with Crippen LogP contribution in [-0.4, -0.2) is 19.3 Å². The minimum atomic E-state index is 0.180. The third kappa shape index (κ3) is 5.45. The molecule has 0 atom stereocenters. The number of aromatic hydroxyl groups is 1. The first-order chi connectivity index (χ1) is 22.1. The van der Waals surface area contributed by atoms with Crippen molar-refractivity contribution in [2.45, 2.75) is 6.42 Å². The van der Waals surface area contributed by atoms with Gasteiger partial charge in [0, 0.05) is 38.1 Å². The minimum Gasteiger partial charge on any atom is -0.507 e. The Kier molecular flexibility index (Phi) is 7.81. The smallest absolute Gasteiger partial charge is 0.138 e. The summed E-state index contributed by atoms with van der Waals surface area (Å²) in [5.41, 5.74) is 8.85. The van der Waals surface area contributed by atoms with Gasteiger partial charge in [-0.2, -0.15) is 0 Å². The largest absolute Gasteiger partial charge is 0.507 e. The summed E-state index contributed by atoms with van der Waals surface area (Å²) < 4.78 is 12.7. The summed E-state index contributed by atoms with van der Waals surface area (Å²) in [5.74, 6) is 1.58. The van der Waals surface area contributed by atoms with Crippen LogP contribution < -0.4 is 9.47 Å². The summed E-state index contributed by atoms with van der Waals surface area (Å²) in [6.45, 7) is 0. The molecule has 0 aliphatic heterocycles. The van der Waals surface area contributed by atoms with Gasteiger partial charge in [0.05, 0.1) is 19.8 Å². The molecular formula is C41H32O3S. The first-order valence-corrected chi connectivity index (χ1v) is 15.7. The van der Waals surface area contributed by atoms with Crippen LogP contribution >= 0.6 is 11.3 Å². The van der Waals surface area contributed by atoms with Crippen molar-refractivity contribution in [1.29, 1.82) is 0 Å². The van der Waals surface area contributed by atoms with Crippen LogP contribution in [0.3, 0.4) is 0 Å². The lowest BCUT2D eigenvalue weighted by atomic mass is 9.90. The summed E-state index contributed by atoms with van der Waals surface area (Å²) in [5, 5.41) is 13.0. The fraction of sp³-hybridized carbons (Fsp3) is 0.0732. The van der Waals surface area contributed by atoms with E-state index in [1.54, 1.807) is 14.2 Å². The summed E-state index contributed by atoms with van der Waals surface area (Å²) in [6.07, 6.45) is 0.884. The molecule has 0 fully saturated rings. The highest BCUT2D eigenvalue weighted by Gasteiger charge is 2.22. The second-order valence-electron chi connectivity index (χ2n) is 11.0. The Bertz CT molecular complexity index is 2080. The summed E-state index contributed by atoms with van der Waals surface area (Å²) in [6, 6.07) is 47.8. The van der Waals surface area contributed by atoms with Gasteiger partial charge in [0.15, 0.2) is 0 Å². The molecule has 0 bridgehead atoms. The van der Waals surface area contributed by atoms with Gasteiger partial charge in [-0.3, -0.25) is 0 Å². The number of phenolic OH excluding ortho intramolecular Hbond substituents is 1. The molecule has 0 amide bonds. The van der Waals surface area contributed by atoms with Gasteiger partial charge in [0.1, 0.15) is 17.2 Å². The topological polar surface area (TPSA) is 38.7 Å². The number of hydrogen-bond acceptors (Lipinski definition) is 4. The fourth-order valence-corrected chi connectivity index (χ4v) is 7.34. The zero-order valence-electron chi connectivity index (χ0n) is 25.2. The van der Waals surface area contributed by atoms with Crippen molar-refractivity contribution >= 4 is 21.4 Å². The molecule has 1 heterocycles. The van der Waals surface area contributed by atoms with E-state index >= 15 is 0 Å². The van der Waals surface area contributed by atoms with Gasteiger partial charge in [-0.05, 0) is 52.1 Å². The number of thiophene rings is 1. The standard InChI is InChI=1S/C41H32O3S/c1-43-32-23-21-28(22-24-32)34-26-35(41(44-2)39(40(34)42)30-13-7-4-8-14-30)29-17-19-31(20-18-29)38-33-15-9-10-16-36(33)45-37(38)25-27-11-5-3-6-12-27/h3-24,26,42H,25H2,1-2H3. The van der Waals surface area contributed by atoms with Crippen LogP contribution in [0.2, 0.25) is 0 Å². The Hall–Kier alpha value is -5.32. The molecule has 220 valence electrons. The Morgan fingerprint density at radius 3 is 1.82 bits per heavy atom. The Morgan fingerprint density at radius 1 is 0.556 bits per heavy atom. The molecule has 0 saturated carbocycles. The second kappa shape index (κ2) is 12.4. The number of fused-ring (bicyclic) bond motifs is 1. The highest BCUT2D eigenvalue weighted by atomic mass is 32.1. The zero-order valence-corrected chi connectivity index (χ0v) is 26.0. The van der Waals surface area contributed by atoms with E-state index in [1.807, 2.05) is 72.0 Å². The van der Waals surface area contributed by atoms with E-state index < -0.39 is 0 Å². The molecule has 0 aliphatic rings. The number of phenols is 1. The molecule has 7 aromatic rings. The summed E-state index contributed by atoms with van der Waals surface area (Å²) >= 11 is 1.87. The van der Waals surface area contributed by atoms with E-state index in [0.717, 1.165) is 40.0 Å². The molecule has 0 aliphatic carbocycles. The highest BCUT2D eigenvalue weighted by molar-refractivity contribution is 7.19. The normalized spacial score (nSPS) is 11.1. The molecule has 1 aromatic heterocycles. The number of hydrogen-bond donors (Lipinski definition) is 1. The minimum absolute atomic E-state index is 0.180. The number of rotatable bonds is 8. The molecule has 7 rings (SSSR count). The van der Waals surface area contributed by atoms with Crippen molar-refractivity contribution in [3.63, 3.8) is 0 Å². The van der Waals surface area contributed by atoms with Crippen LogP contribution in [0.5, 0.6) is 17.2 Å². The number of methoxy groups -OCH3 is 2. The van der Waals surface area contributed by atoms with Gasteiger partial charge in [-0.1, -0.05) is 115 Å². The van der Waals surface area contributed by atoms with E-state index in [0.29, 0.717) is 11.3 Å². The van der Waals surface area contributed by atoms with Crippen molar-refractivity contribution in [3.8, 4) is 61.8 Å². The second-order valence-corrected chi connectivity index (χ2v) is 12.1. The van der Waals surface area contributed by atoms with Crippen LogP contribution in [-0.2, 0) is 6.42 Å². The molecule has 6 aromatic carbocycles. The molecule has 4 heteroatoms. The van der Waals surface area contributed by atoms with Crippen LogP contribution in [0.4, 0.5) is 0 Å². The van der Waals surface area contributed by atoms with Crippen molar-refractivity contribution in [2.75, 3.05) is 14.2 Å². The van der Waals surface area contributed by atoms with Crippen molar-refractivity contribution in [1.82, 2.24) is 0 Å². The van der Waals surface area contributed by atoms with E-state index in [4.69, 9.17) is 9.47 Å². The van der Waals surface area contributed by atoms with Gasteiger partial charge in [0.25, 0.3) is 0 Å². The molecule has 1 N–H and O–H groups in total. The fourth-order valence-electron chi connectivity index (χ4n) is 6.08. The number of ether oxygens (including phenoxy) is 2. The lowest BCUT2D eigenvalue weighted by Gasteiger charge is -2.20. The monoisotopic (exact) mass is 604 g/mol. The van der Waals surface area contributed by atoms with Crippen LogP contribution in [0.25, 0.3) is 54.6 Å². The lowest BCUT2D eigenvalue weighted by molar-refractivity contribution is 0.412. The molecule has 0 saturated heterocycles. The van der Waals surface area contributed by atoms with Crippen molar-refractivity contribution in [3.05, 3.63) is 150 Å². The molecule has 0 unspecified atom stereocenters. The average Bonchev–Trinajstić information content (AvgIpc) is 3.46. The van der Waals surface area contributed by atoms with Crippen LogP contribution in [0.1, 0.15) is 10.4 Å². The zero-order chi connectivity index (χ0) is 30.8. The van der Waals surface area contributed by atoms with Crippen molar-refractivity contribution in [2.24, 2.45) is 0 Å². The predicted octanol–water partition coefficient (Wildman–Crippen LogP) is 10.9. The Labute approximate surface area is 267 Å². The molecule has 45 heavy (non-hydrogen) atoms. The Morgan fingerprint density at radius 2 is 1.13 bits per heavy atom. The number of benzene rings is 6. The maximum atomic E-state index is 11.7. The van der Waals surface area contributed by atoms with E-state index in [2.05, 4.69) is 78.9 Å². The molecule has 3 nitrogen and oxygen atoms in total. The van der Waals surface area contributed by atoms with Crippen molar-refractivity contribution < 1.29 is 14.6 Å². The quantitative estimate of drug-likeness (QED) is 0.188. The average molecular weight is 605 g/mol. The summed E-state index contributed by atoms with van der Waals surface area (Å²) in [7, 11) is 3.32. The maximum Gasteiger partial charge on any atom is 0.138 e. The van der Waals surface area contributed by atoms with E-state index in [-0.39, 0.29) is 5.75 Å². The third-order valence-electron chi connectivity index (χ3n) is 8.28. The van der Waals surface area contributed by atoms with E-state index in [9.17, 15) is 5.11 Å². The SMILES string of the molecule is COc1ccc(-c2cc(-c3ccc(-c4c(Cc5ccccc5)sc5ccccc45)cc3)c(OC)c(-c3ccccc3)c2O)cc1. The van der Waals surface area contributed by atoms with Gasteiger partial charge in [0.2, 0.25) is 0 Å². The predicted molar refractivity (Wildman–Crippen MR) is 188 cm³/mol. The molecule has 0 radical (unpaired) electrons. The molecular weight excluding hydrogens is 573 g/mol. The van der Waals surface area contributed by atoms with Gasteiger partial charge >= 0.3 is 0 Å². The summed E-state index contributed by atoms with van der Waals surface area (Å²) in [4.78, 5) is 1.35. The first-order valence-electron chi connectivity index (χ1n) is 14.9. The van der Waals surface area contributed by atoms with E-state index in [1.165, 1.54) is 31.7 Å². The van der Waals surface area contributed by atoms with Gasteiger partial charge in [-0.15, -0.1) is 11.3 Å². The van der Waals surface area contributed by atoms with Gasteiger partial charge in [-0.25, -0.2) is 0 Å².